The summed E-state index contributed by atoms with van der Waals surface area (Å²) in [5, 5.41) is 0. The molecule has 0 aromatic heterocycles. The smallest absolute Gasteiger partial charge is 0.169 e. The van der Waals surface area contributed by atoms with Gasteiger partial charge in [0.05, 0.1) is 0 Å². The fraction of sp³-hybridized carbons (Fsp3) is 0.143. The van der Waals surface area contributed by atoms with Crippen molar-refractivity contribution in [2.75, 3.05) is 4.90 Å². The van der Waals surface area contributed by atoms with E-state index in [0.29, 0.717) is 0 Å². The van der Waals surface area contributed by atoms with Crippen LogP contribution >= 0.6 is 0 Å². The summed E-state index contributed by atoms with van der Waals surface area (Å²) >= 11 is 0. The quantitative estimate of drug-likeness (QED) is 0.586. The highest BCUT2D eigenvalue weighted by Crippen LogP contribution is 2.22. The minimum Gasteiger partial charge on any atom is -0.471 e. The molecular formula is C21H21NO. The Labute approximate surface area is 138 Å². The van der Waals surface area contributed by atoms with Crippen molar-refractivity contribution >= 4 is 5.69 Å². The van der Waals surface area contributed by atoms with Gasteiger partial charge in [-0.25, -0.2) is 0 Å². The average molecular weight is 303 g/mol. The molecule has 116 valence electrons. The highest BCUT2D eigenvalue weighted by Gasteiger charge is 2.16. The lowest BCUT2D eigenvalue weighted by molar-refractivity contribution is 0.213. The first kappa shape index (κ1) is 15.2. The van der Waals surface area contributed by atoms with Crippen molar-refractivity contribution < 1.29 is 4.74 Å². The first-order valence-corrected chi connectivity index (χ1v) is 7.90. The number of hydrogen-bond donors (Lipinski definition) is 0. The molecule has 1 atom stereocenters. The van der Waals surface area contributed by atoms with E-state index in [9.17, 15) is 0 Å². The van der Waals surface area contributed by atoms with Crippen LogP contribution in [0, 0.1) is 0 Å². The molecule has 3 aromatic rings. The Hall–Kier alpha value is -2.74. The molecule has 0 aliphatic carbocycles. The van der Waals surface area contributed by atoms with Crippen molar-refractivity contribution in [3.63, 3.8) is 0 Å². The summed E-state index contributed by atoms with van der Waals surface area (Å²) in [6.45, 7) is 2.89. The van der Waals surface area contributed by atoms with Crippen LogP contribution in [0.25, 0.3) is 0 Å². The minimum atomic E-state index is -0.0694. The van der Waals surface area contributed by atoms with Crippen LogP contribution in [0.1, 0.15) is 12.5 Å². The molecule has 3 aromatic carbocycles. The molecule has 0 amide bonds. The lowest BCUT2D eigenvalue weighted by Gasteiger charge is -2.31. The Bertz CT molecular complexity index is 698. The van der Waals surface area contributed by atoms with Crippen molar-refractivity contribution in [3.8, 4) is 5.75 Å². The number of rotatable bonds is 6. The van der Waals surface area contributed by atoms with E-state index >= 15 is 0 Å². The summed E-state index contributed by atoms with van der Waals surface area (Å²) in [7, 11) is 0. The van der Waals surface area contributed by atoms with Crippen LogP contribution in [0.2, 0.25) is 0 Å². The molecule has 0 N–H and O–H groups in total. The molecule has 0 saturated heterocycles. The molecule has 0 radical (unpaired) electrons. The molecule has 0 aliphatic rings. The highest BCUT2D eigenvalue weighted by molar-refractivity contribution is 5.47. The standard InChI is InChI=1S/C21H21NO/c1-18(23-21-15-9-4-10-16-21)22(20-13-7-3-8-14-20)17-19-11-5-2-6-12-19/h2-16,18H,17H2,1H3. The largest absolute Gasteiger partial charge is 0.471 e. The van der Waals surface area contributed by atoms with Crippen LogP contribution < -0.4 is 9.64 Å². The monoisotopic (exact) mass is 303 g/mol. The van der Waals surface area contributed by atoms with E-state index in [-0.39, 0.29) is 6.23 Å². The van der Waals surface area contributed by atoms with Crippen molar-refractivity contribution in [1.29, 1.82) is 0 Å². The summed E-state index contributed by atoms with van der Waals surface area (Å²) in [5.41, 5.74) is 2.42. The van der Waals surface area contributed by atoms with E-state index < -0.39 is 0 Å². The molecule has 2 heteroatoms. The SMILES string of the molecule is CC(Oc1ccccc1)N(Cc1ccccc1)c1ccccc1. The predicted octanol–water partition coefficient (Wildman–Crippen LogP) is 5.12. The van der Waals surface area contributed by atoms with Crippen molar-refractivity contribution in [3.05, 3.63) is 96.6 Å². The van der Waals surface area contributed by atoms with Gasteiger partial charge in [0.25, 0.3) is 0 Å². The van der Waals surface area contributed by atoms with Crippen LogP contribution in [-0.4, -0.2) is 6.23 Å². The molecule has 0 heterocycles. The van der Waals surface area contributed by atoms with Crippen molar-refractivity contribution in [2.45, 2.75) is 19.7 Å². The lowest BCUT2D eigenvalue weighted by atomic mass is 10.2. The van der Waals surface area contributed by atoms with Crippen LogP contribution in [0.5, 0.6) is 5.75 Å². The van der Waals surface area contributed by atoms with E-state index in [4.69, 9.17) is 4.74 Å². The van der Waals surface area contributed by atoms with Gasteiger partial charge in [-0.3, -0.25) is 0 Å². The Morgan fingerprint density at radius 2 is 1.26 bits per heavy atom. The van der Waals surface area contributed by atoms with Crippen LogP contribution in [0.4, 0.5) is 5.69 Å². The Morgan fingerprint density at radius 1 is 0.739 bits per heavy atom. The first-order valence-electron chi connectivity index (χ1n) is 7.90. The average Bonchev–Trinajstić information content (AvgIpc) is 2.62. The third kappa shape index (κ3) is 4.13. The van der Waals surface area contributed by atoms with E-state index in [0.717, 1.165) is 18.0 Å². The molecular weight excluding hydrogens is 282 g/mol. The molecule has 0 bridgehead atoms. The maximum absolute atomic E-state index is 6.13. The second kappa shape index (κ2) is 7.50. The molecule has 0 aliphatic heterocycles. The van der Waals surface area contributed by atoms with Crippen LogP contribution in [0.3, 0.4) is 0 Å². The Morgan fingerprint density at radius 3 is 1.87 bits per heavy atom. The number of para-hydroxylation sites is 2. The van der Waals surface area contributed by atoms with Gasteiger partial charge in [0.2, 0.25) is 0 Å². The Balaban J connectivity index is 1.82. The van der Waals surface area contributed by atoms with Gasteiger partial charge in [-0.05, 0) is 36.8 Å². The second-order valence-corrected chi connectivity index (χ2v) is 5.48. The van der Waals surface area contributed by atoms with Gasteiger partial charge in [0, 0.05) is 12.2 Å². The molecule has 0 spiro atoms. The molecule has 23 heavy (non-hydrogen) atoms. The third-order valence-corrected chi connectivity index (χ3v) is 3.77. The number of ether oxygens (including phenoxy) is 1. The van der Waals surface area contributed by atoms with Gasteiger partial charge in [-0.1, -0.05) is 66.7 Å². The second-order valence-electron chi connectivity index (χ2n) is 5.48. The molecule has 0 saturated carbocycles. The summed E-state index contributed by atoms with van der Waals surface area (Å²) < 4.78 is 6.13. The summed E-state index contributed by atoms with van der Waals surface area (Å²) in [4.78, 5) is 2.27. The summed E-state index contributed by atoms with van der Waals surface area (Å²) in [6.07, 6.45) is -0.0694. The van der Waals surface area contributed by atoms with Gasteiger partial charge in [0.1, 0.15) is 5.75 Å². The lowest BCUT2D eigenvalue weighted by Crippen LogP contribution is -2.36. The van der Waals surface area contributed by atoms with E-state index in [1.807, 2.05) is 42.5 Å². The third-order valence-electron chi connectivity index (χ3n) is 3.77. The molecule has 1 unspecified atom stereocenters. The van der Waals surface area contributed by atoms with E-state index in [1.165, 1.54) is 5.56 Å². The fourth-order valence-corrected chi connectivity index (χ4v) is 2.59. The van der Waals surface area contributed by atoms with Crippen LogP contribution in [0.15, 0.2) is 91.0 Å². The predicted molar refractivity (Wildman–Crippen MR) is 95.6 cm³/mol. The van der Waals surface area contributed by atoms with E-state index in [2.05, 4.69) is 60.4 Å². The highest BCUT2D eigenvalue weighted by atomic mass is 16.5. The van der Waals surface area contributed by atoms with Crippen molar-refractivity contribution in [1.82, 2.24) is 0 Å². The first-order chi connectivity index (χ1) is 11.3. The number of anilines is 1. The maximum Gasteiger partial charge on any atom is 0.169 e. The maximum atomic E-state index is 6.13. The van der Waals surface area contributed by atoms with Crippen LogP contribution in [-0.2, 0) is 6.54 Å². The summed E-state index contributed by atoms with van der Waals surface area (Å²) in [5.74, 6) is 0.883. The topological polar surface area (TPSA) is 12.5 Å². The number of nitrogens with zero attached hydrogens (tertiary/aromatic N) is 1. The zero-order valence-electron chi connectivity index (χ0n) is 13.3. The molecule has 2 nitrogen and oxygen atoms in total. The van der Waals surface area contributed by atoms with Gasteiger partial charge in [0.15, 0.2) is 6.23 Å². The fourth-order valence-electron chi connectivity index (χ4n) is 2.59. The van der Waals surface area contributed by atoms with Gasteiger partial charge in [-0.2, -0.15) is 0 Å². The number of hydrogen-bond acceptors (Lipinski definition) is 2. The number of benzene rings is 3. The molecule has 0 fully saturated rings. The van der Waals surface area contributed by atoms with Crippen molar-refractivity contribution in [2.24, 2.45) is 0 Å². The minimum absolute atomic E-state index is 0.0694. The zero-order chi connectivity index (χ0) is 15.9. The van der Waals surface area contributed by atoms with E-state index in [1.54, 1.807) is 0 Å². The zero-order valence-corrected chi connectivity index (χ0v) is 13.3. The van der Waals surface area contributed by atoms with Gasteiger partial charge in [-0.15, -0.1) is 0 Å². The van der Waals surface area contributed by atoms with Gasteiger partial charge < -0.3 is 9.64 Å². The summed E-state index contributed by atoms with van der Waals surface area (Å²) in [6, 6.07) is 30.8. The van der Waals surface area contributed by atoms with Gasteiger partial charge >= 0.3 is 0 Å². The normalized spacial score (nSPS) is 11.7. The molecule has 3 rings (SSSR count). The Kier molecular flexibility index (Phi) is 4.95.